The zero-order chi connectivity index (χ0) is 19.4. The lowest BCUT2D eigenvalue weighted by Gasteiger charge is -2.33. The summed E-state index contributed by atoms with van der Waals surface area (Å²) in [7, 11) is -3.49. The second kappa shape index (κ2) is 8.07. The molecule has 27 heavy (non-hydrogen) atoms. The van der Waals surface area contributed by atoms with Gasteiger partial charge in [-0.25, -0.2) is 18.1 Å². The van der Waals surface area contributed by atoms with Crippen molar-refractivity contribution in [2.24, 2.45) is 5.92 Å². The largest absolute Gasteiger partial charge is 0.356 e. The molecule has 1 aliphatic heterocycles. The molecule has 142 valence electrons. The van der Waals surface area contributed by atoms with Crippen LogP contribution in [0.25, 0.3) is 0 Å². The van der Waals surface area contributed by atoms with Gasteiger partial charge in [-0.1, -0.05) is 6.07 Å². The number of sulfonamides is 1. The normalized spacial score (nSPS) is 15.5. The van der Waals surface area contributed by atoms with Crippen molar-refractivity contribution in [3.8, 4) is 6.07 Å². The van der Waals surface area contributed by atoms with Crippen LogP contribution in [0.4, 0.5) is 5.82 Å². The van der Waals surface area contributed by atoms with Crippen molar-refractivity contribution in [3.63, 3.8) is 0 Å². The molecule has 0 amide bonds. The molecular formula is C20H24N4O2S. The Morgan fingerprint density at radius 1 is 1.22 bits per heavy atom. The molecule has 1 aliphatic rings. The van der Waals surface area contributed by atoms with Gasteiger partial charge in [-0.15, -0.1) is 0 Å². The van der Waals surface area contributed by atoms with Crippen LogP contribution in [0.5, 0.6) is 0 Å². The first-order chi connectivity index (χ1) is 12.9. The van der Waals surface area contributed by atoms with Crippen molar-refractivity contribution in [2.45, 2.75) is 31.6 Å². The molecule has 2 aromatic rings. The molecular weight excluding hydrogens is 360 g/mol. The van der Waals surface area contributed by atoms with Crippen LogP contribution < -0.4 is 9.62 Å². The minimum Gasteiger partial charge on any atom is -0.356 e. The predicted molar refractivity (Wildman–Crippen MR) is 105 cm³/mol. The Balaban J connectivity index is 1.58. The Morgan fingerprint density at radius 3 is 2.63 bits per heavy atom. The lowest BCUT2D eigenvalue weighted by atomic mass is 9.97. The lowest BCUT2D eigenvalue weighted by molar-refractivity contribution is 0.400. The number of hydrogen-bond acceptors (Lipinski definition) is 5. The fourth-order valence-electron chi connectivity index (χ4n) is 3.28. The van der Waals surface area contributed by atoms with Crippen LogP contribution in [0.2, 0.25) is 0 Å². The van der Waals surface area contributed by atoms with Gasteiger partial charge in [0.05, 0.1) is 10.5 Å². The summed E-state index contributed by atoms with van der Waals surface area (Å²) in [6, 6.07) is 10.9. The Labute approximate surface area is 160 Å². The molecule has 0 aliphatic carbocycles. The van der Waals surface area contributed by atoms with Crippen molar-refractivity contribution in [2.75, 3.05) is 24.5 Å². The van der Waals surface area contributed by atoms with Gasteiger partial charge in [-0.05, 0) is 68.0 Å². The molecule has 1 saturated heterocycles. The molecule has 0 spiro atoms. The highest BCUT2D eigenvalue weighted by Crippen LogP contribution is 2.24. The standard InChI is InChI=1S/C20H24N4O2S/c1-15-5-6-19(12-16(15)2)27(25,26)23-14-17-7-10-24(11-8-17)20-18(13-21)4-3-9-22-20/h3-6,9,12,17,23H,7-8,10-11,14H2,1-2H3. The van der Waals surface area contributed by atoms with E-state index in [1.54, 1.807) is 30.5 Å². The maximum absolute atomic E-state index is 12.5. The fourth-order valence-corrected chi connectivity index (χ4v) is 4.48. The maximum Gasteiger partial charge on any atom is 0.240 e. The Kier molecular flexibility index (Phi) is 5.78. The van der Waals surface area contributed by atoms with Gasteiger partial charge in [0.1, 0.15) is 11.9 Å². The molecule has 1 aromatic carbocycles. The summed E-state index contributed by atoms with van der Waals surface area (Å²) in [6.07, 6.45) is 3.41. The van der Waals surface area contributed by atoms with Crippen molar-refractivity contribution in [1.82, 2.24) is 9.71 Å². The van der Waals surface area contributed by atoms with Crippen LogP contribution in [-0.2, 0) is 10.0 Å². The predicted octanol–water partition coefficient (Wildman–Crippen LogP) is 2.77. The summed E-state index contributed by atoms with van der Waals surface area (Å²) in [5.41, 5.74) is 2.62. The first-order valence-corrected chi connectivity index (χ1v) is 10.6. The number of aromatic nitrogens is 1. The fraction of sp³-hybridized carbons (Fsp3) is 0.400. The van der Waals surface area contributed by atoms with E-state index < -0.39 is 10.0 Å². The van der Waals surface area contributed by atoms with Crippen molar-refractivity contribution in [3.05, 3.63) is 53.2 Å². The highest BCUT2D eigenvalue weighted by Gasteiger charge is 2.24. The van der Waals surface area contributed by atoms with E-state index >= 15 is 0 Å². The van der Waals surface area contributed by atoms with Crippen molar-refractivity contribution < 1.29 is 8.42 Å². The topological polar surface area (TPSA) is 86.1 Å². The summed E-state index contributed by atoms with van der Waals surface area (Å²) in [5.74, 6) is 0.992. The summed E-state index contributed by atoms with van der Waals surface area (Å²) in [6.45, 7) is 5.84. The SMILES string of the molecule is Cc1ccc(S(=O)(=O)NCC2CCN(c3ncccc3C#N)CC2)cc1C. The Bertz CT molecular complexity index is 958. The van der Waals surface area contributed by atoms with Crippen LogP contribution in [0, 0.1) is 31.1 Å². The highest BCUT2D eigenvalue weighted by molar-refractivity contribution is 7.89. The smallest absolute Gasteiger partial charge is 0.240 e. The molecule has 3 rings (SSSR count). The monoisotopic (exact) mass is 384 g/mol. The van der Waals surface area contributed by atoms with Gasteiger partial charge in [-0.2, -0.15) is 5.26 Å². The number of nitriles is 1. The number of pyridine rings is 1. The van der Waals surface area contributed by atoms with E-state index in [0.29, 0.717) is 22.8 Å². The van der Waals surface area contributed by atoms with E-state index in [9.17, 15) is 13.7 Å². The molecule has 1 N–H and O–H groups in total. The lowest BCUT2D eigenvalue weighted by Crippen LogP contribution is -2.39. The van der Waals surface area contributed by atoms with Crippen LogP contribution >= 0.6 is 0 Å². The average molecular weight is 385 g/mol. The van der Waals surface area contributed by atoms with Crippen LogP contribution in [0.3, 0.4) is 0 Å². The van der Waals surface area contributed by atoms with Gasteiger partial charge in [-0.3, -0.25) is 0 Å². The zero-order valence-corrected chi connectivity index (χ0v) is 16.5. The summed E-state index contributed by atoms with van der Waals surface area (Å²) >= 11 is 0. The van der Waals surface area contributed by atoms with Crippen molar-refractivity contribution in [1.29, 1.82) is 5.26 Å². The molecule has 6 nitrogen and oxygen atoms in total. The minimum absolute atomic E-state index is 0.275. The van der Waals surface area contributed by atoms with E-state index in [0.717, 1.165) is 37.1 Å². The van der Waals surface area contributed by atoms with Crippen LogP contribution in [0.15, 0.2) is 41.4 Å². The molecule has 0 unspecified atom stereocenters. The summed E-state index contributed by atoms with van der Waals surface area (Å²) in [4.78, 5) is 6.75. The third-order valence-electron chi connectivity index (χ3n) is 5.17. The van der Waals surface area contributed by atoms with Gasteiger partial charge in [0.25, 0.3) is 0 Å². The number of benzene rings is 1. The molecule has 0 bridgehead atoms. The van der Waals surface area contributed by atoms with E-state index in [1.165, 1.54) is 0 Å². The summed E-state index contributed by atoms with van der Waals surface area (Å²) < 4.78 is 27.8. The van der Waals surface area contributed by atoms with E-state index in [-0.39, 0.29) is 5.92 Å². The zero-order valence-electron chi connectivity index (χ0n) is 15.6. The van der Waals surface area contributed by atoms with E-state index in [2.05, 4.69) is 20.7 Å². The average Bonchev–Trinajstić information content (AvgIpc) is 2.69. The number of anilines is 1. The highest BCUT2D eigenvalue weighted by atomic mass is 32.2. The molecule has 0 radical (unpaired) electrons. The second-order valence-corrected chi connectivity index (χ2v) is 8.78. The second-order valence-electron chi connectivity index (χ2n) is 7.01. The van der Waals surface area contributed by atoms with Gasteiger partial charge in [0.2, 0.25) is 10.0 Å². The number of aryl methyl sites for hydroxylation is 2. The first-order valence-electron chi connectivity index (χ1n) is 9.07. The van der Waals surface area contributed by atoms with Crippen molar-refractivity contribution >= 4 is 15.8 Å². The quantitative estimate of drug-likeness (QED) is 0.857. The Morgan fingerprint density at radius 2 is 1.96 bits per heavy atom. The molecule has 0 saturated carbocycles. The van der Waals surface area contributed by atoms with E-state index in [4.69, 9.17) is 0 Å². The number of nitrogens with zero attached hydrogens (tertiary/aromatic N) is 3. The number of hydrogen-bond donors (Lipinski definition) is 1. The van der Waals surface area contributed by atoms with Gasteiger partial charge in [0, 0.05) is 25.8 Å². The van der Waals surface area contributed by atoms with Crippen LogP contribution in [0.1, 0.15) is 29.5 Å². The molecule has 0 atom stereocenters. The van der Waals surface area contributed by atoms with Gasteiger partial charge >= 0.3 is 0 Å². The number of rotatable bonds is 5. The van der Waals surface area contributed by atoms with Gasteiger partial charge < -0.3 is 4.90 Å². The molecule has 2 heterocycles. The Hall–Kier alpha value is -2.43. The number of nitrogens with one attached hydrogen (secondary N) is 1. The first kappa shape index (κ1) is 19.3. The number of piperidine rings is 1. The molecule has 1 fully saturated rings. The third-order valence-corrected chi connectivity index (χ3v) is 6.59. The minimum atomic E-state index is -3.49. The third kappa shape index (κ3) is 4.46. The van der Waals surface area contributed by atoms with E-state index in [1.807, 2.05) is 19.9 Å². The maximum atomic E-state index is 12.5. The van der Waals surface area contributed by atoms with Gasteiger partial charge in [0.15, 0.2) is 0 Å². The summed E-state index contributed by atoms with van der Waals surface area (Å²) in [5, 5.41) is 9.23. The molecule has 7 heteroatoms. The molecule has 1 aromatic heterocycles. The van der Waals surface area contributed by atoms with Crippen LogP contribution in [-0.4, -0.2) is 33.0 Å².